The molecule has 1 amide bonds. The summed E-state index contributed by atoms with van der Waals surface area (Å²) >= 11 is 0. The van der Waals surface area contributed by atoms with Gasteiger partial charge in [0.15, 0.2) is 5.96 Å². The van der Waals surface area contributed by atoms with Crippen molar-refractivity contribution in [1.29, 1.82) is 0 Å². The second-order valence-electron chi connectivity index (χ2n) is 6.39. The van der Waals surface area contributed by atoms with E-state index in [1.165, 1.54) is 0 Å². The minimum atomic E-state index is -0.264. The van der Waals surface area contributed by atoms with Crippen LogP contribution in [0.25, 0.3) is 0 Å². The van der Waals surface area contributed by atoms with E-state index in [2.05, 4.69) is 25.9 Å². The fourth-order valence-electron chi connectivity index (χ4n) is 1.94. The lowest BCUT2D eigenvalue weighted by molar-refractivity contribution is -0.121. The Kier molecular flexibility index (Phi) is 11.9. The number of hydrogen-bond acceptors (Lipinski definition) is 5. The van der Waals surface area contributed by atoms with Gasteiger partial charge in [-0.05, 0) is 26.8 Å². The van der Waals surface area contributed by atoms with Gasteiger partial charge >= 0.3 is 0 Å². The van der Waals surface area contributed by atoms with Crippen LogP contribution in [0.15, 0.2) is 23.3 Å². The molecule has 0 bridgehead atoms. The van der Waals surface area contributed by atoms with Gasteiger partial charge in [0, 0.05) is 38.0 Å². The number of rotatable bonds is 8. The molecule has 0 saturated carbocycles. The van der Waals surface area contributed by atoms with Gasteiger partial charge < -0.3 is 25.4 Å². The lowest BCUT2D eigenvalue weighted by Crippen LogP contribution is -2.48. The number of hydrogen-bond donors (Lipinski definition) is 3. The number of ether oxygens (including phenoxy) is 2. The summed E-state index contributed by atoms with van der Waals surface area (Å²) in [6, 6.07) is 3.76. The van der Waals surface area contributed by atoms with Crippen molar-refractivity contribution < 1.29 is 14.3 Å². The van der Waals surface area contributed by atoms with E-state index >= 15 is 0 Å². The summed E-state index contributed by atoms with van der Waals surface area (Å²) in [4.78, 5) is 20.2. The summed E-state index contributed by atoms with van der Waals surface area (Å²) in [6.45, 7) is 7.34. The SMILES string of the molecule is CN=C(NCC(=O)NC(C)(C)C)NCc1cccnc1OCCOC.I. The predicted octanol–water partition coefficient (Wildman–Crippen LogP) is 1.30. The van der Waals surface area contributed by atoms with E-state index in [1.54, 1.807) is 20.4 Å². The molecule has 26 heavy (non-hydrogen) atoms. The van der Waals surface area contributed by atoms with Crippen LogP contribution in [0.3, 0.4) is 0 Å². The first-order chi connectivity index (χ1) is 11.9. The van der Waals surface area contributed by atoms with Crippen molar-refractivity contribution in [2.24, 2.45) is 4.99 Å². The fourth-order valence-corrected chi connectivity index (χ4v) is 1.94. The van der Waals surface area contributed by atoms with Crippen LogP contribution in [0.4, 0.5) is 0 Å². The molecule has 1 rings (SSSR count). The smallest absolute Gasteiger partial charge is 0.239 e. The highest BCUT2D eigenvalue weighted by Gasteiger charge is 2.14. The van der Waals surface area contributed by atoms with Crippen LogP contribution < -0.4 is 20.7 Å². The highest BCUT2D eigenvalue weighted by Crippen LogP contribution is 2.13. The number of nitrogens with zero attached hydrogens (tertiary/aromatic N) is 2. The van der Waals surface area contributed by atoms with E-state index < -0.39 is 0 Å². The number of aromatic nitrogens is 1. The Morgan fingerprint density at radius 2 is 2.00 bits per heavy atom. The number of aliphatic imine (C=N–C) groups is 1. The fraction of sp³-hybridized carbons (Fsp3) is 0.588. The number of carbonyl (C=O) groups is 1. The Bertz CT molecular complexity index is 576. The second kappa shape index (κ2) is 12.7. The molecule has 0 atom stereocenters. The van der Waals surface area contributed by atoms with Gasteiger partial charge in [0.1, 0.15) is 6.61 Å². The highest BCUT2D eigenvalue weighted by atomic mass is 127. The first-order valence-electron chi connectivity index (χ1n) is 8.17. The van der Waals surface area contributed by atoms with Gasteiger partial charge in [-0.1, -0.05) is 6.07 Å². The Labute approximate surface area is 172 Å². The van der Waals surface area contributed by atoms with Crippen LogP contribution in [0.1, 0.15) is 26.3 Å². The highest BCUT2D eigenvalue weighted by molar-refractivity contribution is 14.0. The largest absolute Gasteiger partial charge is 0.475 e. The molecule has 0 saturated heterocycles. The molecule has 1 aromatic heterocycles. The van der Waals surface area contributed by atoms with Gasteiger partial charge in [-0.2, -0.15) is 0 Å². The monoisotopic (exact) mass is 479 g/mol. The summed E-state index contributed by atoms with van der Waals surface area (Å²) in [6.07, 6.45) is 1.68. The summed E-state index contributed by atoms with van der Waals surface area (Å²) in [5, 5.41) is 9.01. The molecule has 1 heterocycles. The van der Waals surface area contributed by atoms with Crippen LogP contribution in [0.5, 0.6) is 5.88 Å². The van der Waals surface area contributed by atoms with E-state index in [-0.39, 0.29) is 42.0 Å². The number of carbonyl (C=O) groups excluding carboxylic acids is 1. The van der Waals surface area contributed by atoms with Crippen molar-refractivity contribution >= 4 is 35.8 Å². The molecule has 0 aliphatic rings. The normalized spacial score (nSPS) is 11.3. The van der Waals surface area contributed by atoms with Crippen molar-refractivity contribution in [2.45, 2.75) is 32.9 Å². The molecule has 0 aliphatic heterocycles. The molecule has 0 unspecified atom stereocenters. The van der Waals surface area contributed by atoms with E-state index in [9.17, 15) is 4.79 Å². The van der Waals surface area contributed by atoms with Crippen LogP contribution in [-0.4, -0.2) is 56.3 Å². The third-order valence-corrected chi connectivity index (χ3v) is 2.98. The van der Waals surface area contributed by atoms with Gasteiger partial charge in [-0.3, -0.25) is 9.79 Å². The average molecular weight is 479 g/mol. The predicted molar refractivity (Wildman–Crippen MR) is 113 cm³/mol. The van der Waals surface area contributed by atoms with Crippen LogP contribution in [0, 0.1) is 0 Å². The number of nitrogens with one attached hydrogen (secondary N) is 3. The lowest BCUT2D eigenvalue weighted by Gasteiger charge is -2.21. The second-order valence-corrected chi connectivity index (χ2v) is 6.39. The zero-order chi connectivity index (χ0) is 18.7. The van der Waals surface area contributed by atoms with Crippen LogP contribution >= 0.6 is 24.0 Å². The maximum atomic E-state index is 11.9. The molecule has 148 valence electrons. The summed E-state index contributed by atoms with van der Waals surface area (Å²) < 4.78 is 10.6. The van der Waals surface area contributed by atoms with Crippen LogP contribution in [0.2, 0.25) is 0 Å². The molecular formula is C17H30IN5O3. The lowest BCUT2D eigenvalue weighted by atomic mass is 10.1. The third kappa shape index (κ3) is 10.4. The maximum absolute atomic E-state index is 11.9. The molecule has 0 fully saturated rings. The number of methoxy groups -OCH3 is 1. The van der Waals surface area contributed by atoms with Crippen molar-refractivity contribution in [2.75, 3.05) is 33.9 Å². The molecule has 3 N–H and O–H groups in total. The Balaban J connectivity index is 0.00000625. The minimum absolute atomic E-state index is 0. The van der Waals surface area contributed by atoms with E-state index in [0.717, 1.165) is 5.56 Å². The van der Waals surface area contributed by atoms with Gasteiger partial charge in [0.2, 0.25) is 11.8 Å². The van der Waals surface area contributed by atoms with Crippen molar-refractivity contribution in [3.63, 3.8) is 0 Å². The zero-order valence-electron chi connectivity index (χ0n) is 16.1. The minimum Gasteiger partial charge on any atom is -0.475 e. The van der Waals surface area contributed by atoms with Gasteiger partial charge in [-0.15, -0.1) is 24.0 Å². The quantitative estimate of drug-likeness (QED) is 0.225. The van der Waals surface area contributed by atoms with E-state index in [1.807, 2.05) is 32.9 Å². The molecule has 0 aliphatic carbocycles. The summed E-state index contributed by atoms with van der Waals surface area (Å²) in [5.41, 5.74) is 0.626. The van der Waals surface area contributed by atoms with E-state index in [4.69, 9.17) is 9.47 Å². The maximum Gasteiger partial charge on any atom is 0.239 e. The third-order valence-electron chi connectivity index (χ3n) is 2.98. The molecule has 0 spiro atoms. The standard InChI is InChI=1S/C17H29N5O3.HI/c1-17(2,3)22-14(23)12-21-16(18-4)20-11-13-7-6-8-19-15(13)25-10-9-24-5;/h6-8H,9-12H2,1-5H3,(H,22,23)(H2,18,20,21);1H. The van der Waals surface area contributed by atoms with Gasteiger partial charge in [0.05, 0.1) is 13.2 Å². The molecule has 0 radical (unpaired) electrons. The Hall–Kier alpha value is -1.62. The van der Waals surface area contributed by atoms with Crippen molar-refractivity contribution in [3.05, 3.63) is 23.9 Å². The number of guanidine groups is 1. The first-order valence-corrected chi connectivity index (χ1v) is 8.17. The molecular weight excluding hydrogens is 449 g/mol. The van der Waals surface area contributed by atoms with Crippen LogP contribution in [-0.2, 0) is 16.1 Å². The topological polar surface area (TPSA) is 96.9 Å². The average Bonchev–Trinajstić information content (AvgIpc) is 2.55. The Morgan fingerprint density at radius 3 is 2.62 bits per heavy atom. The van der Waals surface area contributed by atoms with Crippen molar-refractivity contribution in [3.8, 4) is 5.88 Å². The molecule has 8 nitrogen and oxygen atoms in total. The van der Waals surface area contributed by atoms with Crippen molar-refractivity contribution in [1.82, 2.24) is 20.9 Å². The molecule has 0 aromatic carbocycles. The number of halogens is 1. The number of amides is 1. The zero-order valence-corrected chi connectivity index (χ0v) is 18.4. The summed E-state index contributed by atoms with van der Waals surface area (Å²) in [7, 11) is 3.27. The number of pyridine rings is 1. The molecule has 1 aromatic rings. The summed E-state index contributed by atoms with van der Waals surface area (Å²) in [5.74, 6) is 0.976. The van der Waals surface area contributed by atoms with Gasteiger partial charge in [-0.25, -0.2) is 4.98 Å². The van der Waals surface area contributed by atoms with Gasteiger partial charge in [0.25, 0.3) is 0 Å². The Morgan fingerprint density at radius 1 is 1.27 bits per heavy atom. The molecule has 9 heteroatoms. The first kappa shape index (κ1) is 24.4. The van der Waals surface area contributed by atoms with E-state index in [0.29, 0.717) is 31.6 Å².